The van der Waals surface area contributed by atoms with Crippen molar-refractivity contribution in [1.29, 1.82) is 0 Å². The number of amides is 1. The fourth-order valence-corrected chi connectivity index (χ4v) is 4.48. The fourth-order valence-electron chi connectivity index (χ4n) is 4.48. The van der Waals surface area contributed by atoms with Crippen LogP contribution in [0.2, 0.25) is 0 Å². The molecule has 0 saturated heterocycles. The number of methoxy groups -OCH3 is 1. The first-order valence-corrected chi connectivity index (χ1v) is 11.3. The van der Waals surface area contributed by atoms with Crippen LogP contribution in [0.3, 0.4) is 0 Å². The molecule has 1 aliphatic carbocycles. The average molecular weight is 464 g/mol. The number of rotatable bonds is 5. The van der Waals surface area contributed by atoms with Gasteiger partial charge < -0.3 is 20.1 Å². The minimum absolute atomic E-state index is 0.126. The number of aromatic nitrogens is 5. The maximum Gasteiger partial charge on any atom is 0.408 e. The summed E-state index contributed by atoms with van der Waals surface area (Å²) in [6.45, 7) is 7.56. The maximum atomic E-state index is 12.1. The van der Waals surface area contributed by atoms with Crippen molar-refractivity contribution in [3.63, 3.8) is 0 Å². The van der Waals surface area contributed by atoms with Crippen molar-refractivity contribution < 1.29 is 14.3 Å². The van der Waals surface area contributed by atoms with E-state index in [9.17, 15) is 4.79 Å². The van der Waals surface area contributed by atoms with Crippen LogP contribution >= 0.6 is 0 Å². The number of fused-ring (bicyclic) bond motifs is 2. The molecule has 0 aromatic carbocycles. The molecule has 178 valence electrons. The minimum atomic E-state index is -0.526. The predicted octanol–water partition coefficient (Wildman–Crippen LogP) is 3.91. The highest BCUT2D eigenvalue weighted by Gasteiger charge is 2.42. The van der Waals surface area contributed by atoms with E-state index in [0.29, 0.717) is 11.8 Å². The highest BCUT2D eigenvalue weighted by atomic mass is 16.6. The number of nitrogens with one attached hydrogen (secondary N) is 2. The molecule has 0 atom stereocenters. The van der Waals surface area contributed by atoms with Crippen LogP contribution in [-0.2, 0) is 4.74 Å². The Labute approximate surface area is 197 Å². The van der Waals surface area contributed by atoms with Gasteiger partial charge in [0.1, 0.15) is 11.1 Å². The predicted molar refractivity (Wildman–Crippen MR) is 128 cm³/mol. The summed E-state index contributed by atoms with van der Waals surface area (Å²) in [5.41, 5.74) is 2.94. The van der Waals surface area contributed by atoms with Gasteiger partial charge in [-0.15, -0.1) is 5.10 Å². The molecule has 0 bridgehead atoms. The van der Waals surface area contributed by atoms with Gasteiger partial charge >= 0.3 is 6.09 Å². The van der Waals surface area contributed by atoms with E-state index >= 15 is 0 Å². The molecule has 4 aromatic rings. The summed E-state index contributed by atoms with van der Waals surface area (Å²) in [5.74, 6) is 0.960. The van der Waals surface area contributed by atoms with E-state index in [1.165, 1.54) is 0 Å². The molecule has 10 nitrogen and oxygen atoms in total. The van der Waals surface area contributed by atoms with Gasteiger partial charge in [0.15, 0.2) is 0 Å². The Balaban J connectivity index is 1.32. The van der Waals surface area contributed by atoms with Crippen LogP contribution in [0.15, 0.2) is 42.9 Å². The van der Waals surface area contributed by atoms with Crippen LogP contribution in [0.4, 0.5) is 10.7 Å². The van der Waals surface area contributed by atoms with Crippen LogP contribution < -0.4 is 15.4 Å². The van der Waals surface area contributed by atoms with Gasteiger partial charge in [0, 0.05) is 35.7 Å². The van der Waals surface area contributed by atoms with Crippen molar-refractivity contribution in [2.24, 2.45) is 0 Å². The minimum Gasteiger partial charge on any atom is -0.479 e. The van der Waals surface area contributed by atoms with Crippen molar-refractivity contribution in [3.05, 3.63) is 42.9 Å². The number of hydrogen-bond donors (Lipinski definition) is 2. The summed E-state index contributed by atoms with van der Waals surface area (Å²) in [5, 5.41) is 15.2. The Hall–Kier alpha value is -3.82. The van der Waals surface area contributed by atoms with Crippen molar-refractivity contribution in [2.45, 2.75) is 57.7 Å². The molecular weight excluding hydrogens is 434 g/mol. The summed E-state index contributed by atoms with van der Waals surface area (Å²) in [6, 6.07) is 8.17. The third-order valence-corrected chi connectivity index (χ3v) is 5.91. The monoisotopic (exact) mass is 463 g/mol. The zero-order valence-electron chi connectivity index (χ0n) is 20.0. The highest BCUT2D eigenvalue weighted by Crippen LogP contribution is 2.35. The Kier molecular flexibility index (Phi) is 5.11. The summed E-state index contributed by atoms with van der Waals surface area (Å²) in [6.07, 6.45) is 6.66. The average Bonchev–Trinajstić information content (AvgIpc) is 3.36. The molecule has 10 heteroatoms. The molecule has 0 unspecified atom stereocenters. The summed E-state index contributed by atoms with van der Waals surface area (Å²) >= 11 is 0. The standard InChI is InChI=1S/C24H29N7O3/c1-23(2,3)34-22(32)28-24(4)13-16(14-24)26-21-27-20(33-5)19-18(8-11-31(19)29-21)15-7-10-30-17(12-15)6-9-25-30/h6-12,16H,13-14H2,1-5H3,(H,26,29)(H,28,32). The van der Waals surface area contributed by atoms with Gasteiger partial charge in [0.2, 0.25) is 11.8 Å². The summed E-state index contributed by atoms with van der Waals surface area (Å²) in [4.78, 5) is 16.7. The van der Waals surface area contributed by atoms with E-state index in [4.69, 9.17) is 9.47 Å². The Bertz CT molecular complexity index is 1360. The second-order valence-corrected chi connectivity index (χ2v) is 10.0. The van der Waals surface area contributed by atoms with Gasteiger partial charge in [-0.05, 0) is 70.4 Å². The van der Waals surface area contributed by atoms with Gasteiger partial charge in [0.05, 0.1) is 12.6 Å². The number of anilines is 1. The first-order chi connectivity index (χ1) is 16.1. The molecule has 2 N–H and O–H groups in total. The molecule has 1 amide bonds. The number of nitrogens with zero attached hydrogens (tertiary/aromatic N) is 5. The Morgan fingerprint density at radius 1 is 1.18 bits per heavy atom. The van der Waals surface area contributed by atoms with Crippen LogP contribution in [-0.4, -0.2) is 54.6 Å². The maximum absolute atomic E-state index is 12.1. The van der Waals surface area contributed by atoms with Crippen molar-refractivity contribution in [3.8, 4) is 17.0 Å². The van der Waals surface area contributed by atoms with E-state index in [1.54, 1.807) is 17.8 Å². The van der Waals surface area contributed by atoms with Crippen molar-refractivity contribution in [2.75, 3.05) is 12.4 Å². The van der Waals surface area contributed by atoms with E-state index in [-0.39, 0.29) is 11.6 Å². The lowest BCUT2D eigenvalue weighted by Crippen LogP contribution is -2.60. The van der Waals surface area contributed by atoms with Gasteiger partial charge in [-0.3, -0.25) is 0 Å². The molecule has 0 spiro atoms. The first-order valence-electron chi connectivity index (χ1n) is 11.3. The zero-order valence-corrected chi connectivity index (χ0v) is 20.0. The molecule has 4 aromatic heterocycles. The Morgan fingerprint density at radius 2 is 1.94 bits per heavy atom. The highest BCUT2D eigenvalue weighted by molar-refractivity contribution is 5.85. The van der Waals surface area contributed by atoms with E-state index < -0.39 is 11.7 Å². The topological polar surface area (TPSA) is 107 Å². The SMILES string of the molecule is COc1nc(NC2CC(C)(NC(=O)OC(C)(C)C)C2)nn2ccc(-c3ccn4nccc4c3)c12. The number of carbonyl (C=O) groups excluding carboxylic acids is 1. The quantitative estimate of drug-likeness (QED) is 0.462. The van der Waals surface area contributed by atoms with Crippen LogP contribution in [0.25, 0.3) is 22.2 Å². The molecule has 34 heavy (non-hydrogen) atoms. The number of alkyl carbamates (subject to hydrolysis) is 1. The molecule has 4 heterocycles. The van der Waals surface area contributed by atoms with Gasteiger partial charge in [-0.1, -0.05) is 0 Å². The third-order valence-electron chi connectivity index (χ3n) is 5.91. The van der Waals surface area contributed by atoms with E-state index in [1.807, 2.05) is 62.8 Å². The van der Waals surface area contributed by atoms with Crippen molar-refractivity contribution >= 4 is 23.1 Å². The van der Waals surface area contributed by atoms with Crippen LogP contribution in [0.1, 0.15) is 40.5 Å². The lowest BCUT2D eigenvalue weighted by Gasteiger charge is -2.45. The Morgan fingerprint density at radius 3 is 2.68 bits per heavy atom. The first kappa shape index (κ1) is 22.0. The van der Waals surface area contributed by atoms with E-state index in [2.05, 4.69) is 31.9 Å². The van der Waals surface area contributed by atoms with Crippen LogP contribution in [0.5, 0.6) is 5.88 Å². The molecule has 5 rings (SSSR count). The zero-order chi connectivity index (χ0) is 24.1. The summed E-state index contributed by atoms with van der Waals surface area (Å²) in [7, 11) is 1.61. The molecule has 0 aliphatic heterocycles. The third kappa shape index (κ3) is 4.23. The normalized spacial score (nSPS) is 20.2. The number of ether oxygens (including phenoxy) is 2. The lowest BCUT2D eigenvalue weighted by atomic mass is 9.74. The smallest absolute Gasteiger partial charge is 0.408 e. The molecule has 1 fully saturated rings. The second kappa shape index (κ2) is 7.89. The summed E-state index contributed by atoms with van der Waals surface area (Å²) < 4.78 is 14.6. The van der Waals surface area contributed by atoms with Gasteiger partial charge in [-0.25, -0.2) is 13.8 Å². The molecule has 0 radical (unpaired) electrons. The molecule has 1 aliphatic rings. The lowest BCUT2D eigenvalue weighted by molar-refractivity contribution is 0.0393. The largest absolute Gasteiger partial charge is 0.479 e. The van der Waals surface area contributed by atoms with Gasteiger partial charge in [0.25, 0.3) is 0 Å². The van der Waals surface area contributed by atoms with Crippen LogP contribution in [0, 0.1) is 0 Å². The molecular formula is C24H29N7O3. The van der Waals surface area contributed by atoms with E-state index in [0.717, 1.165) is 35.0 Å². The van der Waals surface area contributed by atoms with Crippen molar-refractivity contribution in [1.82, 2.24) is 29.5 Å². The molecule has 1 saturated carbocycles. The van der Waals surface area contributed by atoms with Gasteiger partial charge in [-0.2, -0.15) is 10.1 Å². The number of hydrogen-bond acceptors (Lipinski definition) is 7. The fraction of sp³-hybridized carbons (Fsp3) is 0.417. The second-order valence-electron chi connectivity index (χ2n) is 10.0. The number of carbonyl (C=O) groups is 1. The number of pyridine rings is 1.